The van der Waals surface area contributed by atoms with Gasteiger partial charge in [0.2, 0.25) is 5.89 Å². The minimum atomic E-state index is 0.0556. The van der Waals surface area contributed by atoms with Gasteiger partial charge in [-0.1, -0.05) is 11.2 Å². The van der Waals surface area contributed by atoms with Gasteiger partial charge in [-0.05, 0) is 18.4 Å². The van der Waals surface area contributed by atoms with Crippen molar-refractivity contribution < 1.29 is 4.52 Å². The van der Waals surface area contributed by atoms with E-state index >= 15 is 0 Å². The maximum absolute atomic E-state index is 5.64. The van der Waals surface area contributed by atoms with Crippen LogP contribution in [-0.2, 0) is 12.8 Å². The Labute approximate surface area is 92.1 Å². The van der Waals surface area contributed by atoms with Crippen molar-refractivity contribution in [2.24, 2.45) is 5.73 Å². The molecule has 5 heteroatoms. The van der Waals surface area contributed by atoms with Crippen LogP contribution in [0.4, 0.5) is 0 Å². The van der Waals surface area contributed by atoms with Gasteiger partial charge in [-0.15, -0.1) is 11.3 Å². The Kier molecular flexibility index (Phi) is 3.13. The first-order valence-corrected chi connectivity index (χ1v) is 5.71. The normalized spacial score (nSPS) is 12.9. The Balaban J connectivity index is 2.01. The lowest BCUT2D eigenvalue weighted by Crippen LogP contribution is -2.17. The molecule has 0 amide bonds. The first-order chi connectivity index (χ1) is 7.24. The van der Waals surface area contributed by atoms with E-state index in [1.54, 1.807) is 11.3 Å². The van der Waals surface area contributed by atoms with Crippen LogP contribution < -0.4 is 5.73 Å². The van der Waals surface area contributed by atoms with Gasteiger partial charge in [-0.3, -0.25) is 0 Å². The summed E-state index contributed by atoms with van der Waals surface area (Å²) in [5.74, 6) is 1.35. The van der Waals surface area contributed by atoms with Gasteiger partial charge < -0.3 is 10.3 Å². The highest BCUT2D eigenvalue weighted by Gasteiger charge is 2.08. The Morgan fingerprint density at radius 3 is 3.13 bits per heavy atom. The van der Waals surface area contributed by atoms with Crippen LogP contribution in [0.5, 0.6) is 0 Å². The zero-order chi connectivity index (χ0) is 10.7. The predicted molar refractivity (Wildman–Crippen MR) is 58.8 cm³/mol. The molecule has 0 bridgehead atoms. The predicted octanol–water partition coefficient (Wildman–Crippen LogP) is 1.61. The summed E-state index contributed by atoms with van der Waals surface area (Å²) in [6.07, 6.45) is 1.37. The lowest BCUT2D eigenvalue weighted by molar-refractivity contribution is 0.367. The molecule has 2 rings (SSSR count). The van der Waals surface area contributed by atoms with Gasteiger partial charge in [0.15, 0.2) is 5.82 Å². The Morgan fingerprint density at radius 2 is 2.47 bits per heavy atom. The number of hydrogen-bond donors (Lipinski definition) is 1. The number of nitrogens with zero attached hydrogens (tertiary/aromatic N) is 2. The van der Waals surface area contributed by atoms with Gasteiger partial charge in [0.25, 0.3) is 0 Å². The van der Waals surface area contributed by atoms with E-state index < -0.39 is 0 Å². The first-order valence-electron chi connectivity index (χ1n) is 4.83. The number of hydrogen-bond acceptors (Lipinski definition) is 5. The lowest BCUT2D eigenvalue weighted by atomic mass is 10.2. The minimum Gasteiger partial charge on any atom is -0.339 e. The molecule has 0 aromatic carbocycles. The van der Waals surface area contributed by atoms with Crippen molar-refractivity contribution in [2.75, 3.05) is 0 Å². The summed E-state index contributed by atoms with van der Waals surface area (Å²) < 4.78 is 5.09. The molecule has 80 valence electrons. The molecule has 0 aliphatic rings. The van der Waals surface area contributed by atoms with E-state index in [9.17, 15) is 0 Å². The minimum absolute atomic E-state index is 0.0556. The molecule has 0 saturated carbocycles. The van der Waals surface area contributed by atoms with Crippen molar-refractivity contribution in [1.82, 2.24) is 10.1 Å². The Morgan fingerprint density at radius 1 is 1.60 bits per heavy atom. The molecular formula is C10H13N3OS. The quantitative estimate of drug-likeness (QED) is 0.855. The van der Waals surface area contributed by atoms with E-state index in [4.69, 9.17) is 10.3 Å². The fourth-order valence-electron chi connectivity index (χ4n) is 1.29. The van der Waals surface area contributed by atoms with Crippen molar-refractivity contribution in [3.8, 4) is 0 Å². The molecule has 0 aliphatic carbocycles. The number of thiophene rings is 1. The third kappa shape index (κ3) is 2.87. The van der Waals surface area contributed by atoms with E-state index in [0.717, 1.165) is 12.2 Å². The number of aromatic nitrogens is 2. The lowest BCUT2D eigenvalue weighted by Gasteiger charge is -1.96. The van der Waals surface area contributed by atoms with Gasteiger partial charge in [-0.25, -0.2) is 0 Å². The molecule has 2 heterocycles. The molecule has 0 aliphatic heterocycles. The van der Waals surface area contributed by atoms with Gasteiger partial charge in [-0.2, -0.15) is 4.98 Å². The van der Waals surface area contributed by atoms with Gasteiger partial charge in [0.05, 0.1) is 0 Å². The monoisotopic (exact) mass is 223 g/mol. The molecular weight excluding hydrogens is 210 g/mol. The maximum Gasteiger partial charge on any atom is 0.228 e. The van der Waals surface area contributed by atoms with E-state index in [1.807, 2.05) is 18.4 Å². The van der Waals surface area contributed by atoms with Crippen molar-refractivity contribution in [3.63, 3.8) is 0 Å². The third-order valence-electron chi connectivity index (χ3n) is 1.92. The molecule has 1 unspecified atom stereocenters. The van der Waals surface area contributed by atoms with Crippen molar-refractivity contribution in [1.29, 1.82) is 0 Å². The Hall–Kier alpha value is -1.20. The van der Waals surface area contributed by atoms with Crippen molar-refractivity contribution in [2.45, 2.75) is 25.8 Å². The van der Waals surface area contributed by atoms with E-state index in [-0.39, 0.29) is 6.04 Å². The molecule has 2 aromatic rings. The van der Waals surface area contributed by atoms with Crippen molar-refractivity contribution >= 4 is 11.3 Å². The van der Waals surface area contributed by atoms with Crippen molar-refractivity contribution in [3.05, 3.63) is 34.1 Å². The van der Waals surface area contributed by atoms with Gasteiger partial charge in [0, 0.05) is 23.8 Å². The summed E-state index contributed by atoms with van der Waals surface area (Å²) in [5, 5.41) is 5.95. The highest BCUT2D eigenvalue weighted by Crippen LogP contribution is 2.13. The van der Waals surface area contributed by atoms with Crippen LogP contribution in [0.15, 0.2) is 22.0 Å². The summed E-state index contributed by atoms with van der Waals surface area (Å²) in [5.41, 5.74) is 5.64. The van der Waals surface area contributed by atoms with Crippen LogP contribution in [0.1, 0.15) is 23.5 Å². The largest absolute Gasteiger partial charge is 0.339 e. The average molecular weight is 223 g/mol. The fourth-order valence-corrected chi connectivity index (χ4v) is 1.99. The number of nitrogens with two attached hydrogens (primary N) is 1. The van der Waals surface area contributed by atoms with Crippen LogP contribution in [0.3, 0.4) is 0 Å². The van der Waals surface area contributed by atoms with Crippen LogP contribution >= 0.6 is 11.3 Å². The molecule has 0 saturated heterocycles. The van der Waals surface area contributed by atoms with Crippen LogP contribution in [-0.4, -0.2) is 16.2 Å². The second kappa shape index (κ2) is 4.55. The molecule has 0 radical (unpaired) electrons. The third-order valence-corrected chi connectivity index (χ3v) is 2.80. The molecule has 4 nitrogen and oxygen atoms in total. The summed E-state index contributed by atoms with van der Waals surface area (Å²) in [7, 11) is 0. The zero-order valence-electron chi connectivity index (χ0n) is 8.51. The second-order valence-electron chi connectivity index (χ2n) is 3.54. The van der Waals surface area contributed by atoms with E-state index in [2.05, 4.69) is 16.2 Å². The molecule has 0 spiro atoms. The standard InChI is InChI=1S/C10H13N3OS/c1-7(11)5-10-12-9(13-14-10)6-8-3-2-4-15-8/h2-4,7H,5-6,11H2,1H3. The second-order valence-corrected chi connectivity index (χ2v) is 4.57. The van der Waals surface area contributed by atoms with Gasteiger partial charge >= 0.3 is 0 Å². The summed E-state index contributed by atoms with van der Waals surface area (Å²) >= 11 is 1.69. The van der Waals surface area contributed by atoms with Gasteiger partial charge in [0.1, 0.15) is 0 Å². The molecule has 0 fully saturated rings. The number of rotatable bonds is 4. The topological polar surface area (TPSA) is 64.9 Å². The van der Waals surface area contributed by atoms with Crippen LogP contribution in [0, 0.1) is 0 Å². The molecule has 1 atom stereocenters. The average Bonchev–Trinajstić information content (AvgIpc) is 2.77. The Bertz CT molecular complexity index is 408. The fraction of sp³-hybridized carbons (Fsp3) is 0.400. The van der Waals surface area contributed by atoms with Crippen LogP contribution in [0.25, 0.3) is 0 Å². The SMILES string of the molecule is CC(N)Cc1nc(Cc2cccs2)no1. The smallest absolute Gasteiger partial charge is 0.228 e. The highest BCUT2D eigenvalue weighted by molar-refractivity contribution is 7.09. The van der Waals surface area contributed by atoms with E-state index in [0.29, 0.717) is 12.3 Å². The summed E-state index contributed by atoms with van der Waals surface area (Å²) in [6, 6.07) is 4.13. The molecule has 15 heavy (non-hydrogen) atoms. The maximum atomic E-state index is 5.64. The molecule has 2 aromatic heterocycles. The zero-order valence-corrected chi connectivity index (χ0v) is 9.33. The summed E-state index contributed by atoms with van der Waals surface area (Å²) in [6.45, 7) is 1.92. The van der Waals surface area contributed by atoms with Crippen LogP contribution in [0.2, 0.25) is 0 Å². The van der Waals surface area contributed by atoms with E-state index in [1.165, 1.54) is 4.88 Å². The summed E-state index contributed by atoms with van der Waals surface area (Å²) in [4.78, 5) is 5.51. The highest BCUT2D eigenvalue weighted by atomic mass is 32.1. The molecule has 2 N–H and O–H groups in total. The first kappa shape index (κ1) is 10.3.